The lowest BCUT2D eigenvalue weighted by molar-refractivity contribution is 0.629. The molecule has 118 valence electrons. The number of hydrogen-bond acceptors (Lipinski definition) is 7. The summed E-state index contributed by atoms with van der Waals surface area (Å²) in [4.78, 5) is 8.39. The number of para-hydroxylation sites is 1. The highest BCUT2D eigenvalue weighted by molar-refractivity contribution is 8.01. The molecule has 0 saturated heterocycles. The summed E-state index contributed by atoms with van der Waals surface area (Å²) in [7, 11) is 0. The molecule has 0 fully saturated rings. The number of fused-ring (bicyclic) bond motifs is 1. The Balaban J connectivity index is 1.59. The third-order valence-electron chi connectivity index (χ3n) is 3.18. The zero-order valence-electron chi connectivity index (χ0n) is 12.2. The van der Waals surface area contributed by atoms with Crippen LogP contribution < -0.4 is 5.32 Å². The van der Waals surface area contributed by atoms with Crippen LogP contribution in [-0.2, 0) is 0 Å². The summed E-state index contributed by atoms with van der Waals surface area (Å²) in [6.45, 7) is 0. The van der Waals surface area contributed by atoms with E-state index in [0.717, 1.165) is 10.0 Å². The average Bonchev–Trinajstić information content (AvgIpc) is 3.03. The molecule has 0 radical (unpaired) electrons. The number of rotatable bonds is 4. The van der Waals surface area contributed by atoms with Gasteiger partial charge in [0.2, 0.25) is 5.13 Å². The molecule has 0 amide bonds. The first kappa shape index (κ1) is 15.0. The number of anilines is 2. The lowest BCUT2D eigenvalue weighted by Gasteiger charge is -2.02. The Morgan fingerprint density at radius 1 is 1.00 bits per heavy atom. The molecule has 2 heterocycles. The Bertz CT molecular complexity index is 990. The molecule has 0 spiro atoms. The normalized spacial score (nSPS) is 10.9. The number of hydrogen-bond donors (Lipinski definition) is 1. The van der Waals surface area contributed by atoms with E-state index in [2.05, 4.69) is 25.5 Å². The van der Waals surface area contributed by atoms with Gasteiger partial charge in [0.25, 0.3) is 0 Å². The molecule has 0 atom stereocenters. The fourth-order valence-corrected chi connectivity index (χ4v) is 3.87. The monoisotopic (exact) mass is 355 g/mol. The van der Waals surface area contributed by atoms with Gasteiger partial charge >= 0.3 is 0 Å². The summed E-state index contributed by atoms with van der Waals surface area (Å²) in [6, 6.07) is 14.2. The van der Waals surface area contributed by atoms with Crippen LogP contribution in [0, 0.1) is 5.82 Å². The highest BCUT2D eigenvalue weighted by atomic mass is 32.2. The van der Waals surface area contributed by atoms with E-state index in [-0.39, 0.29) is 5.82 Å². The highest BCUT2D eigenvalue weighted by Gasteiger charge is 2.11. The molecule has 2 aromatic heterocycles. The van der Waals surface area contributed by atoms with Crippen molar-refractivity contribution in [3.05, 3.63) is 60.7 Å². The van der Waals surface area contributed by atoms with Gasteiger partial charge in [-0.2, -0.15) is 0 Å². The minimum atomic E-state index is -0.317. The molecular formula is C16H10FN5S2. The fourth-order valence-electron chi connectivity index (χ4n) is 2.12. The Hall–Kier alpha value is -2.58. The van der Waals surface area contributed by atoms with Crippen molar-refractivity contribution in [1.29, 1.82) is 0 Å². The second-order valence-corrected chi connectivity index (χ2v) is 7.02. The van der Waals surface area contributed by atoms with Crippen molar-refractivity contribution in [2.75, 3.05) is 5.32 Å². The Labute approximate surface area is 145 Å². The molecule has 2 aromatic carbocycles. The molecule has 24 heavy (non-hydrogen) atoms. The topological polar surface area (TPSA) is 63.6 Å². The standard InChI is InChI=1S/C16H10FN5S2/c17-10-6-7-13-12(8-10)14(19-9-18-13)23-16-22-21-15(24-16)20-11-4-2-1-3-5-11/h1-9H,(H,20,21). The maximum Gasteiger partial charge on any atom is 0.210 e. The Morgan fingerprint density at radius 3 is 2.75 bits per heavy atom. The van der Waals surface area contributed by atoms with E-state index >= 15 is 0 Å². The number of nitrogens with zero attached hydrogens (tertiary/aromatic N) is 4. The third-order valence-corrected chi connectivity index (χ3v) is 5.08. The van der Waals surface area contributed by atoms with Crippen LogP contribution in [0.2, 0.25) is 0 Å². The molecule has 0 aliphatic rings. The molecular weight excluding hydrogens is 345 g/mol. The van der Waals surface area contributed by atoms with Crippen molar-refractivity contribution < 1.29 is 4.39 Å². The van der Waals surface area contributed by atoms with Crippen LogP contribution in [0.15, 0.2) is 64.2 Å². The van der Waals surface area contributed by atoms with Crippen molar-refractivity contribution in [2.24, 2.45) is 0 Å². The van der Waals surface area contributed by atoms with Crippen LogP contribution in [0.4, 0.5) is 15.2 Å². The van der Waals surface area contributed by atoms with Crippen molar-refractivity contribution in [3.63, 3.8) is 0 Å². The molecule has 0 unspecified atom stereocenters. The van der Waals surface area contributed by atoms with Crippen molar-refractivity contribution >= 4 is 44.8 Å². The second-order valence-electron chi connectivity index (χ2n) is 4.81. The molecule has 8 heteroatoms. The van der Waals surface area contributed by atoms with E-state index < -0.39 is 0 Å². The first-order valence-corrected chi connectivity index (χ1v) is 8.65. The number of benzene rings is 2. The molecule has 0 bridgehead atoms. The quantitative estimate of drug-likeness (QED) is 0.543. The highest BCUT2D eigenvalue weighted by Crippen LogP contribution is 2.35. The lowest BCUT2D eigenvalue weighted by atomic mass is 10.2. The van der Waals surface area contributed by atoms with E-state index in [4.69, 9.17) is 0 Å². The smallest absolute Gasteiger partial charge is 0.210 e. The summed E-state index contributed by atoms with van der Waals surface area (Å²) < 4.78 is 14.2. The van der Waals surface area contributed by atoms with Crippen LogP contribution in [-0.4, -0.2) is 20.2 Å². The third kappa shape index (κ3) is 3.19. The summed E-state index contributed by atoms with van der Waals surface area (Å²) in [6.07, 6.45) is 1.47. The average molecular weight is 355 g/mol. The van der Waals surface area contributed by atoms with Gasteiger partial charge in [0.15, 0.2) is 4.34 Å². The van der Waals surface area contributed by atoms with Gasteiger partial charge < -0.3 is 5.32 Å². The van der Waals surface area contributed by atoms with Crippen LogP contribution in [0.25, 0.3) is 10.9 Å². The summed E-state index contributed by atoms with van der Waals surface area (Å²) >= 11 is 2.76. The summed E-state index contributed by atoms with van der Waals surface area (Å²) in [5.41, 5.74) is 1.64. The van der Waals surface area contributed by atoms with E-state index in [0.29, 0.717) is 21.1 Å². The van der Waals surface area contributed by atoms with Gasteiger partial charge in [-0.1, -0.05) is 29.5 Å². The van der Waals surface area contributed by atoms with Gasteiger partial charge in [-0.25, -0.2) is 14.4 Å². The molecule has 1 N–H and O–H groups in total. The second kappa shape index (κ2) is 6.50. The van der Waals surface area contributed by atoms with Gasteiger partial charge in [-0.3, -0.25) is 0 Å². The van der Waals surface area contributed by atoms with Gasteiger partial charge in [-0.05, 0) is 42.1 Å². The van der Waals surface area contributed by atoms with Crippen LogP contribution in [0.3, 0.4) is 0 Å². The van der Waals surface area contributed by atoms with Crippen molar-refractivity contribution in [2.45, 2.75) is 9.37 Å². The van der Waals surface area contributed by atoms with Gasteiger partial charge in [0.05, 0.1) is 5.52 Å². The predicted octanol–water partition coefficient (Wildman–Crippen LogP) is 4.52. The number of nitrogens with one attached hydrogen (secondary N) is 1. The molecule has 0 aliphatic heterocycles. The van der Waals surface area contributed by atoms with Gasteiger partial charge in [0, 0.05) is 11.1 Å². The van der Waals surface area contributed by atoms with Crippen molar-refractivity contribution in [3.8, 4) is 0 Å². The zero-order valence-corrected chi connectivity index (χ0v) is 13.8. The fraction of sp³-hybridized carbons (Fsp3) is 0. The minimum absolute atomic E-state index is 0.317. The molecule has 5 nitrogen and oxygen atoms in total. The van der Waals surface area contributed by atoms with Crippen LogP contribution in [0.1, 0.15) is 0 Å². The molecule has 0 aliphatic carbocycles. The first-order chi connectivity index (χ1) is 11.8. The maximum atomic E-state index is 13.5. The molecule has 4 aromatic rings. The summed E-state index contributed by atoms with van der Waals surface area (Å²) in [5, 5.41) is 13.5. The Kier molecular flexibility index (Phi) is 4.06. The minimum Gasteiger partial charge on any atom is -0.330 e. The van der Waals surface area contributed by atoms with E-state index in [9.17, 15) is 4.39 Å². The Morgan fingerprint density at radius 2 is 1.88 bits per heavy atom. The number of aromatic nitrogens is 4. The van der Waals surface area contributed by atoms with Crippen LogP contribution >= 0.6 is 23.1 Å². The van der Waals surface area contributed by atoms with Gasteiger partial charge in [-0.15, -0.1) is 10.2 Å². The maximum absolute atomic E-state index is 13.5. The largest absolute Gasteiger partial charge is 0.330 e. The van der Waals surface area contributed by atoms with E-state index in [1.54, 1.807) is 6.07 Å². The van der Waals surface area contributed by atoms with E-state index in [1.807, 2.05) is 30.3 Å². The van der Waals surface area contributed by atoms with Gasteiger partial charge in [0.1, 0.15) is 17.2 Å². The first-order valence-electron chi connectivity index (χ1n) is 7.02. The van der Waals surface area contributed by atoms with E-state index in [1.165, 1.54) is 41.6 Å². The zero-order chi connectivity index (χ0) is 16.4. The van der Waals surface area contributed by atoms with Crippen LogP contribution in [0.5, 0.6) is 0 Å². The summed E-state index contributed by atoms with van der Waals surface area (Å²) in [5.74, 6) is -0.317. The lowest BCUT2D eigenvalue weighted by Crippen LogP contribution is -1.88. The SMILES string of the molecule is Fc1ccc2ncnc(Sc3nnc(Nc4ccccc4)s3)c2c1. The van der Waals surface area contributed by atoms with Crippen molar-refractivity contribution in [1.82, 2.24) is 20.2 Å². The molecule has 0 saturated carbocycles. The molecule has 4 rings (SSSR count). The predicted molar refractivity (Wildman–Crippen MR) is 93.3 cm³/mol. The number of halogens is 1.